The zero-order valence-corrected chi connectivity index (χ0v) is 60.7. The lowest BCUT2D eigenvalue weighted by Crippen LogP contribution is -2.32. The Hall–Kier alpha value is -13.8. The Morgan fingerprint density at radius 3 is 0.953 bits per heavy atom. The topological polar surface area (TPSA) is 440 Å². The molecule has 0 atom stereocenters. The third-order valence-corrected chi connectivity index (χ3v) is 16.8. The van der Waals surface area contributed by atoms with Crippen molar-refractivity contribution in [1.82, 2.24) is 81.5 Å². The summed E-state index contributed by atoms with van der Waals surface area (Å²) in [5.41, 5.74) is 3.38. The van der Waals surface area contributed by atoms with Crippen LogP contribution < -0.4 is 63.8 Å². The SMILES string of the molecule is CN(C)CCCNC(=O)CCNC(=O)c1cc(NC(=O)c2cc(NC(=O)c3cc(NC(=O)c4cc(NC(=O)c5nc(NC(=O)CCCNC(=O)c6cc(NC(=O)c7cc(NC(=O)c8cc(NC(=O)c9nc(NC(=O)c%10nccn%10C)cn9C)cn8C)cn7C)cn6C)cn5C)cn4C)cn3C)cn2C)cn1C. The van der Waals surface area contributed by atoms with Gasteiger partial charge in [0.15, 0.2) is 17.5 Å². The third kappa shape index (κ3) is 18.7. The fourth-order valence-electron chi connectivity index (χ4n) is 11.4. The van der Waals surface area contributed by atoms with E-state index in [1.807, 2.05) is 19.0 Å². The molecule has 0 fully saturated rings. The van der Waals surface area contributed by atoms with E-state index in [0.717, 1.165) is 13.0 Å². The van der Waals surface area contributed by atoms with Gasteiger partial charge in [-0.05, 0) is 75.9 Å². The van der Waals surface area contributed by atoms with Crippen molar-refractivity contribution in [2.24, 2.45) is 70.5 Å². The third-order valence-electron chi connectivity index (χ3n) is 16.8. The summed E-state index contributed by atoms with van der Waals surface area (Å²) >= 11 is 0. The smallest absolute Gasteiger partial charge is 0.292 e. The van der Waals surface area contributed by atoms with Gasteiger partial charge in [-0.1, -0.05) is 0 Å². The van der Waals surface area contributed by atoms with Gasteiger partial charge >= 0.3 is 0 Å². The molecule has 0 spiro atoms. The molecule has 38 nitrogen and oxygen atoms in total. The zero-order chi connectivity index (χ0) is 77.2. The highest BCUT2D eigenvalue weighted by Gasteiger charge is 2.26. The first kappa shape index (κ1) is 75.8. The second-order valence-corrected chi connectivity index (χ2v) is 25.6. The molecule has 107 heavy (non-hydrogen) atoms. The molecular formula is C69H82N26O12. The van der Waals surface area contributed by atoms with Gasteiger partial charge in [-0.2, -0.15) is 0 Å². The van der Waals surface area contributed by atoms with Gasteiger partial charge < -0.3 is 114 Å². The van der Waals surface area contributed by atoms with Crippen LogP contribution in [0.1, 0.15) is 131 Å². The molecular weight excluding hydrogens is 1380 g/mol. The van der Waals surface area contributed by atoms with Gasteiger partial charge in [-0.15, -0.1) is 0 Å². The number of rotatable bonds is 30. The zero-order valence-electron chi connectivity index (χ0n) is 60.7. The minimum Gasteiger partial charge on any atom is -0.356 e. The van der Waals surface area contributed by atoms with Gasteiger partial charge in [0, 0.05) is 171 Å². The van der Waals surface area contributed by atoms with E-state index in [9.17, 15) is 57.5 Å². The molecule has 10 rings (SSSR count). The van der Waals surface area contributed by atoms with E-state index in [4.69, 9.17) is 0 Å². The average Bonchev–Trinajstić information content (AvgIpc) is 1.68. The molecule has 38 heteroatoms. The van der Waals surface area contributed by atoms with Crippen LogP contribution in [-0.4, -0.2) is 177 Å². The second-order valence-electron chi connectivity index (χ2n) is 25.6. The number of hydrogen-bond donors (Lipinski definition) is 12. The van der Waals surface area contributed by atoms with Crippen molar-refractivity contribution in [2.45, 2.75) is 25.7 Å². The van der Waals surface area contributed by atoms with Gasteiger partial charge in [0.05, 0.1) is 39.8 Å². The highest BCUT2D eigenvalue weighted by atomic mass is 16.2. The van der Waals surface area contributed by atoms with Crippen molar-refractivity contribution < 1.29 is 57.5 Å². The summed E-state index contributed by atoms with van der Waals surface area (Å²) in [6, 6.07) is 10.3. The van der Waals surface area contributed by atoms with Crippen LogP contribution in [-0.2, 0) is 80.1 Å². The molecule has 0 aliphatic rings. The molecule has 560 valence electrons. The minimum atomic E-state index is -0.650. The van der Waals surface area contributed by atoms with E-state index in [-0.39, 0.29) is 124 Å². The number of aromatic nitrogens is 13. The lowest BCUT2D eigenvalue weighted by atomic mass is 10.3. The van der Waals surface area contributed by atoms with Crippen LogP contribution in [0.4, 0.5) is 51.4 Å². The number of amides is 12. The lowest BCUT2D eigenvalue weighted by molar-refractivity contribution is -0.121. The van der Waals surface area contributed by atoms with E-state index in [2.05, 4.69) is 78.8 Å². The molecule has 0 unspecified atom stereocenters. The summed E-state index contributed by atoms with van der Waals surface area (Å²) in [6.45, 7) is 1.60. The van der Waals surface area contributed by atoms with Crippen molar-refractivity contribution in [3.63, 3.8) is 0 Å². The summed E-state index contributed by atoms with van der Waals surface area (Å²) in [6.07, 6.45) is 17.9. The molecule has 0 aliphatic carbocycles. The summed E-state index contributed by atoms with van der Waals surface area (Å²) in [5.74, 6) is -5.70. The number of carbonyl (C=O) groups is 12. The Labute approximate surface area is 611 Å². The standard InChI is InChI=1S/C69H82N26O12/c1-85(2)21-14-18-70-55(96)16-19-73-61(99)47-24-40(31-88(47)5)75-63(101)49-25-41(32-89(49)6)76-64(102)50-27-43(34-91(50)8)78-65(103)51-28-44(35-92(51)9)79-68(106)58-82-53(37-94(58)11)81-56(97)15-13-17-72-60(98)46-23-39(30-87(46)4)74-62(100)48-26-42(33-90(48)7)77-66(104)52-29-45(36-93(52)10)80-69(107)59-83-54(38-95(59)12)84-67(105)57-71-20-22-86(57)3/h20,22-38H,13-19,21H2,1-12H3,(H,70,96)(H,72,98)(H,73,99)(H,74,100)(H,75,101)(H,76,102)(H,77,104)(H,78,103)(H,79,106)(H,80,107)(H,81,97)(H,84,105). The Kier molecular flexibility index (Phi) is 23.2. The van der Waals surface area contributed by atoms with Crippen LogP contribution in [0.15, 0.2) is 111 Å². The number of nitrogens with zero attached hydrogens (tertiary/aromatic N) is 14. The maximum atomic E-state index is 13.6. The molecule has 12 amide bonds. The number of anilines is 9. The van der Waals surface area contributed by atoms with E-state index in [1.54, 1.807) is 106 Å². The van der Waals surface area contributed by atoms with E-state index in [0.29, 0.717) is 29.3 Å². The summed E-state index contributed by atoms with van der Waals surface area (Å²) in [4.78, 5) is 173. The molecule has 12 N–H and O–H groups in total. The average molecular weight is 1470 g/mol. The number of carbonyl (C=O) groups excluding carboxylic acids is 12. The fraction of sp³-hybridized carbons (Fsp3) is 0.290. The van der Waals surface area contributed by atoms with Crippen LogP contribution in [0.3, 0.4) is 0 Å². The number of aryl methyl sites for hydroxylation is 10. The molecule has 10 aromatic heterocycles. The maximum absolute atomic E-state index is 13.6. The van der Waals surface area contributed by atoms with Crippen LogP contribution in [0.2, 0.25) is 0 Å². The van der Waals surface area contributed by atoms with Crippen molar-refractivity contribution in [1.29, 1.82) is 0 Å². The number of imidazole rings is 3. The van der Waals surface area contributed by atoms with Gasteiger partial charge in [-0.3, -0.25) is 57.5 Å². The predicted molar refractivity (Wildman–Crippen MR) is 394 cm³/mol. The van der Waals surface area contributed by atoms with Gasteiger partial charge in [0.25, 0.3) is 59.1 Å². The second kappa shape index (κ2) is 32.7. The maximum Gasteiger partial charge on any atom is 0.292 e. The van der Waals surface area contributed by atoms with Crippen molar-refractivity contribution in [2.75, 3.05) is 88.1 Å². The van der Waals surface area contributed by atoms with Crippen molar-refractivity contribution in [3.8, 4) is 0 Å². The normalized spacial score (nSPS) is 11.1. The first-order valence-corrected chi connectivity index (χ1v) is 33.3. The Morgan fingerprint density at radius 1 is 0.308 bits per heavy atom. The van der Waals surface area contributed by atoms with Crippen molar-refractivity contribution >= 4 is 122 Å². The predicted octanol–water partition coefficient (Wildman–Crippen LogP) is 3.61. The largest absolute Gasteiger partial charge is 0.356 e. The lowest BCUT2D eigenvalue weighted by Gasteiger charge is -2.10. The molecule has 0 radical (unpaired) electrons. The minimum absolute atomic E-state index is 0.0149. The first-order valence-electron chi connectivity index (χ1n) is 33.3. The first-order chi connectivity index (χ1) is 50.8. The van der Waals surface area contributed by atoms with Gasteiger partial charge in [0.2, 0.25) is 23.5 Å². The Morgan fingerprint density at radius 2 is 0.617 bits per heavy atom. The van der Waals surface area contributed by atoms with E-state index in [1.165, 1.54) is 121 Å². The van der Waals surface area contributed by atoms with Crippen LogP contribution in [0.25, 0.3) is 0 Å². The van der Waals surface area contributed by atoms with Gasteiger partial charge in [-0.25, -0.2) is 15.0 Å². The summed E-state index contributed by atoms with van der Waals surface area (Å²) < 4.78 is 15.0. The molecule has 0 saturated carbocycles. The molecule has 0 aromatic carbocycles. The molecule has 0 aliphatic heterocycles. The summed E-state index contributed by atoms with van der Waals surface area (Å²) in [5, 5.41) is 32.9. The van der Waals surface area contributed by atoms with Gasteiger partial charge in [0.1, 0.15) is 39.9 Å². The molecule has 10 heterocycles. The van der Waals surface area contributed by atoms with Crippen LogP contribution >= 0.6 is 0 Å². The quantitative estimate of drug-likeness (QED) is 0.0286. The molecule has 0 saturated heterocycles. The highest BCUT2D eigenvalue weighted by Crippen LogP contribution is 2.25. The van der Waals surface area contributed by atoms with Crippen LogP contribution in [0, 0.1) is 0 Å². The van der Waals surface area contributed by atoms with Crippen LogP contribution in [0.5, 0.6) is 0 Å². The van der Waals surface area contributed by atoms with E-state index < -0.39 is 65.0 Å². The Balaban J connectivity index is 0.631. The van der Waals surface area contributed by atoms with Crippen molar-refractivity contribution in [3.05, 3.63) is 168 Å². The highest BCUT2D eigenvalue weighted by molar-refractivity contribution is 6.11. The molecule has 0 bridgehead atoms. The Bertz CT molecular complexity index is 5120. The van der Waals surface area contributed by atoms with E-state index >= 15 is 0 Å². The monoisotopic (exact) mass is 1470 g/mol. The number of hydrogen-bond acceptors (Lipinski definition) is 16. The molecule has 10 aromatic rings. The number of nitrogens with one attached hydrogen (secondary N) is 12. The summed E-state index contributed by atoms with van der Waals surface area (Å²) in [7, 11) is 20.1. The fourth-order valence-corrected chi connectivity index (χ4v) is 11.4.